The second kappa shape index (κ2) is 8.01. The Morgan fingerprint density at radius 2 is 2.11 bits per heavy atom. The van der Waals surface area contributed by atoms with Crippen LogP contribution in [0.5, 0.6) is 0 Å². The van der Waals surface area contributed by atoms with Gasteiger partial charge in [-0.15, -0.1) is 0 Å². The van der Waals surface area contributed by atoms with Gasteiger partial charge < -0.3 is 20.1 Å². The quantitative estimate of drug-likeness (QED) is 0.728. The average Bonchev–Trinajstić information content (AvgIpc) is 3.04. The number of aryl methyl sites for hydroxylation is 1. The predicted octanol–water partition coefficient (Wildman–Crippen LogP) is 1.72. The van der Waals surface area contributed by atoms with Gasteiger partial charge in [-0.25, -0.2) is 4.98 Å². The Kier molecular flexibility index (Phi) is 5.66. The molecular formula is C19H30N4O3S. The van der Waals surface area contributed by atoms with Gasteiger partial charge in [-0.2, -0.15) is 4.98 Å². The second-order valence-corrected chi connectivity index (χ2v) is 9.64. The highest BCUT2D eigenvalue weighted by atomic mass is 32.2. The fourth-order valence-electron chi connectivity index (χ4n) is 4.13. The van der Waals surface area contributed by atoms with E-state index in [0.717, 1.165) is 75.3 Å². The summed E-state index contributed by atoms with van der Waals surface area (Å²) in [7, 11) is 0.975. The molecule has 0 radical (unpaired) electrons. The monoisotopic (exact) mass is 394 g/mol. The Morgan fingerprint density at radius 3 is 2.78 bits per heavy atom. The maximum absolute atomic E-state index is 12.5. The van der Waals surface area contributed by atoms with Crippen molar-refractivity contribution < 1.29 is 14.1 Å². The van der Waals surface area contributed by atoms with Crippen molar-refractivity contribution in [3.05, 3.63) is 5.69 Å². The Hall–Kier alpha value is -1.25. The van der Waals surface area contributed by atoms with Crippen LogP contribution < -0.4 is 10.2 Å². The summed E-state index contributed by atoms with van der Waals surface area (Å²) < 4.78 is 17.9. The zero-order chi connectivity index (χ0) is 18.9. The average molecular weight is 395 g/mol. The molecule has 2 fully saturated rings. The Labute approximate surface area is 163 Å². The molecular weight excluding hydrogens is 364 g/mol. The van der Waals surface area contributed by atoms with Crippen molar-refractivity contribution in [2.24, 2.45) is 5.92 Å². The Morgan fingerprint density at radius 1 is 1.33 bits per heavy atom. The van der Waals surface area contributed by atoms with Crippen LogP contribution in [0.1, 0.15) is 44.2 Å². The van der Waals surface area contributed by atoms with Crippen LogP contribution in [0.2, 0.25) is 0 Å². The zero-order valence-corrected chi connectivity index (χ0v) is 16.9. The lowest BCUT2D eigenvalue weighted by atomic mass is 9.77. The van der Waals surface area contributed by atoms with Gasteiger partial charge in [-0.3, -0.25) is 4.21 Å². The van der Waals surface area contributed by atoms with Gasteiger partial charge in [0, 0.05) is 39.0 Å². The summed E-state index contributed by atoms with van der Waals surface area (Å²) in [6, 6.07) is 0. The topological polar surface area (TPSA) is 87.6 Å². The molecule has 0 aromatic carbocycles. The fraction of sp³-hybridized carbons (Fsp3) is 0.789. The molecule has 1 aliphatic carbocycles. The number of hydrogen-bond acceptors (Lipinski definition) is 7. The molecule has 1 saturated carbocycles. The van der Waals surface area contributed by atoms with Crippen molar-refractivity contribution in [3.63, 3.8) is 0 Å². The van der Waals surface area contributed by atoms with Crippen LogP contribution in [0.25, 0.3) is 0 Å². The Balaban J connectivity index is 1.52. The number of aromatic nitrogens is 2. The molecule has 0 spiro atoms. The molecule has 3 heterocycles. The molecule has 8 heteroatoms. The second-order valence-electron chi connectivity index (χ2n) is 8.13. The van der Waals surface area contributed by atoms with Crippen LogP contribution in [-0.2, 0) is 22.0 Å². The number of ether oxygens (including phenoxy) is 1. The first-order valence-electron chi connectivity index (χ1n) is 10.1. The van der Waals surface area contributed by atoms with E-state index in [0.29, 0.717) is 23.4 Å². The van der Waals surface area contributed by atoms with Crippen molar-refractivity contribution in [1.82, 2.24) is 9.97 Å². The van der Waals surface area contributed by atoms with E-state index in [4.69, 9.17) is 14.7 Å². The number of nitrogens with zero attached hydrogens (tertiary/aromatic N) is 3. The van der Waals surface area contributed by atoms with E-state index in [1.807, 2.05) is 7.05 Å². The third-order valence-electron chi connectivity index (χ3n) is 6.23. The first-order chi connectivity index (χ1) is 13.1. The molecule has 1 aromatic heterocycles. The van der Waals surface area contributed by atoms with E-state index in [1.165, 1.54) is 0 Å². The standard InChI is InChI=1S/C19H30N4O3S/c1-23(9-3-14-4-10-26-11-5-14)18-20-15-6-12-27(25)16(15)17(21-18)22-19(13-24)7-2-8-19/h14,24H,2-13H2,1H3,(H,20,21,22)/t27-/m1/s1. The smallest absolute Gasteiger partial charge is 0.227 e. The van der Waals surface area contributed by atoms with Gasteiger partial charge in [0.1, 0.15) is 10.7 Å². The fourth-order valence-corrected chi connectivity index (χ4v) is 5.43. The minimum absolute atomic E-state index is 0.0767. The van der Waals surface area contributed by atoms with E-state index in [1.54, 1.807) is 0 Å². The number of aliphatic hydroxyl groups excluding tert-OH is 1. The summed E-state index contributed by atoms with van der Waals surface area (Å²) in [5.74, 6) is 2.67. The van der Waals surface area contributed by atoms with Crippen LogP contribution in [0.15, 0.2) is 4.90 Å². The third kappa shape index (κ3) is 3.98. The number of aliphatic hydroxyl groups is 1. The highest BCUT2D eigenvalue weighted by Crippen LogP contribution is 2.38. The molecule has 1 saturated heterocycles. The van der Waals surface area contributed by atoms with E-state index in [9.17, 15) is 9.32 Å². The van der Waals surface area contributed by atoms with Gasteiger partial charge in [0.25, 0.3) is 0 Å². The first kappa shape index (κ1) is 19.1. The summed E-state index contributed by atoms with van der Waals surface area (Å²) in [6.45, 7) is 2.71. The SMILES string of the molecule is CN(CCC1CCOCC1)c1nc2c(c(NC3(CO)CCC3)n1)[S@](=O)CC2. The summed E-state index contributed by atoms with van der Waals surface area (Å²) in [4.78, 5) is 12.3. The number of fused-ring (bicyclic) bond motifs is 1. The third-order valence-corrected chi connectivity index (χ3v) is 7.69. The van der Waals surface area contributed by atoms with Gasteiger partial charge in [-0.05, 0) is 44.4 Å². The lowest BCUT2D eigenvalue weighted by molar-refractivity contribution is 0.0645. The highest BCUT2D eigenvalue weighted by Gasteiger charge is 2.39. The molecule has 0 bridgehead atoms. The van der Waals surface area contributed by atoms with Gasteiger partial charge in [0.05, 0.1) is 28.6 Å². The lowest BCUT2D eigenvalue weighted by Gasteiger charge is -2.41. The van der Waals surface area contributed by atoms with Crippen molar-refractivity contribution in [2.45, 2.75) is 55.4 Å². The summed E-state index contributed by atoms with van der Waals surface area (Å²) in [6.07, 6.45) is 7.03. The lowest BCUT2D eigenvalue weighted by Crippen LogP contribution is -2.48. The van der Waals surface area contributed by atoms with Crippen LogP contribution in [0.4, 0.5) is 11.8 Å². The maximum Gasteiger partial charge on any atom is 0.227 e. The number of hydrogen-bond donors (Lipinski definition) is 2. The maximum atomic E-state index is 12.5. The van der Waals surface area contributed by atoms with Gasteiger partial charge in [-0.1, -0.05) is 0 Å². The summed E-state index contributed by atoms with van der Waals surface area (Å²) in [5.41, 5.74) is 0.582. The van der Waals surface area contributed by atoms with E-state index >= 15 is 0 Å². The largest absolute Gasteiger partial charge is 0.394 e. The van der Waals surface area contributed by atoms with Crippen LogP contribution in [0.3, 0.4) is 0 Å². The molecule has 2 aliphatic heterocycles. The van der Waals surface area contributed by atoms with Crippen LogP contribution >= 0.6 is 0 Å². The van der Waals surface area contributed by atoms with Crippen LogP contribution in [0, 0.1) is 5.92 Å². The minimum Gasteiger partial charge on any atom is -0.394 e. The normalized spacial score (nSPS) is 24.3. The molecule has 2 N–H and O–H groups in total. The minimum atomic E-state index is -1.05. The van der Waals surface area contributed by atoms with E-state index < -0.39 is 10.8 Å². The van der Waals surface area contributed by atoms with Gasteiger partial charge in [0.2, 0.25) is 5.95 Å². The van der Waals surface area contributed by atoms with Crippen LogP contribution in [-0.4, -0.2) is 64.0 Å². The zero-order valence-electron chi connectivity index (χ0n) is 16.1. The summed E-state index contributed by atoms with van der Waals surface area (Å²) in [5, 5.41) is 13.3. The van der Waals surface area contributed by atoms with Crippen molar-refractivity contribution in [1.29, 1.82) is 0 Å². The van der Waals surface area contributed by atoms with Crippen molar-refractivity contribution in [2.75, 3.05) is 49.4 Å². The molecule has 7 nitrogen and oxygen atoms in total. The first-order valence-corrected chi connectivity index (χ1v) is 11.4. The molecule has 27 heavy (non-hydrogen) atoms. The molecule has 4 rings (SSSR count). The van der Waals surface area contributed by atoms with Crippen molar-refractivity contribution >= 4 is 22.6 Å². The Bertz CT molecular complexity index is 699. The highest BCUT2D eigenvalue weighted by molar-refractivity contribution is 7.85. The predicted molar refractivity (Wildman–Crippen MR) is 106 cm³/mol. The molecule has 1 aromatic rings. The molecule has 150 valence electrons. The van der Waals surface area contributed by atoms with Gasteiger partial charge >= 0.3 is 0 Å². The number of rotatable bonds is 7. The summed E-state index contributed by atoms with van der Waals surface area (Å²) >= 11 is 0. The molecule has 1 atom stereocenters. The molecule has 0 amide bonds. The van der Waals surface area contributed by atoms with Crippen molar-refractivity contribution in [3.8, 4) is 0 Å². The number of anilines is 2. The number of nitrogens with one attached hydrogen (secondary N) is 1. The van der Waals surface area contributed by atoms with E-state index in [2.05, 4.69) is 10.2 Å². The van der Waals surface area contributed by atoms with Gasteiger partial charge in [0.15, 0.2) is 0 Å². The van der Waals surface area contributed by atoms with E-state index in [-0.39, 0.29) is 12.1 Å². The molecule has 0 unspecified atom stereocenters. The molecule has 3 aliphatic rings.